The third-order valence-electron chi connectivity index (χ3n) is 4.54. The molecule has 0 amide bonds. The van der Waals surface area contributed by atoms with Gasteiger partial charge in [0.05, 0.1) is 12.2 Å². The molecule has 1 aliphatic heterocycles. The van der Waals surface area contributed by atoms with Crippen LogP contribution in [0.25, 0.3) is 0 Å². The Labute approximate surface area is 105 Å². The van der Waals surface area contributed by atoms with E-state index in [1.54, 1.807) is 0 Å². The summed E-state index contributed by atoms with van der Waals surface area (Å²) in [6.07, 6.45) is 8.88. The van der Waals surface area contributed by atoms with Crippen molar-refractivity contribution in [2.24, 2.45) is 11.7 Å². The lowest BCUT2D eigenvalue weighted by molar-refractivity contribution is -0.00839. The maximum atomic E-state index is 6.05. The van der Waals surface area contributed by atoms with Crippen molar-refractivity contribution >= 4 is 0 Å². The zero-order valence-electron chi connectivity index (χ0n) is 11.0. The van der Waals surface area contributed by atoms with Gasteiger partial charge in [0.1, 0.15) is 0 Å². The maximum Gasteiger partial charge on any atom is 0.0747 e. The molecule has 2 saturated carbocycles. The van der Waals surface area contributed by atoms with Gasteiger partial charge in [-0.1, -0.05) is 0 Å². The predicted octanol–water partition coefficient (Wildman–Crippen LogP) is 1.76. The number of hydrogen-bond acceptors (Lipinski definition) is 3. The quantitative estimate of drug-likeness (QED) is 0.766. The van der Waals surface area contributed by atoms with Crippen LogP contribution in [0.2, 0.25) is 0 Å². The highest BCUT2D eigenvalue weighted by Gasteiger charge is 2.41. The second-order valence-corrected chi connectivity index (χ2v) is 6.24. The first-order valence-electron chi connectivity index (χ1n) is 7.39. The van der Waals surface area contributed by atoms with Crippen LogP contribution >= 0.6 is 0 Å². The molecule has 0 radical (unpaired) electrons. The number of hydrogen-bond donors (Lipinski definition) is 1. The first-order valence-corrected chi connectivity index (χ1v) is 7.39. The molecule has 0 aromatic heterocycles. The summed E-state index contributed by atoms with van der Waals surface area (Å²) in [6, 6.07) is 1.30. The standard InChI is InChI=1S/C14H26N2O/c1-10-2-7-14(17-10)13(8-15)16(12-5-6-12)9-11-3-4-11/h10-14H,2-9,15H2,1H3. The van der Waals surface area contributed by atoms with E-state index in [2.05, 4.69) is 11.8 Å². The van der Waals surface area contributed by atoms with Gasteiger partial charge >= 0.3 is 0 Å². The Morgan fingerprint density at radius 3 is 2.41 bits per heavy atom. The lowest BCUT2D eigenvalue weighted by atomic mass is 10.0. The Balaban J connectivity index is 1.63. The monoisotopic (exact) mass is 238 g/mol. The van der Waals surface area contributed by atoms with E-state index >= 15 is 0 Å². The van der Waals surface area contributed by atoms with Gasteiger partial charge in [0.15, 0.2) is 0 Å². The normalized spacial score (nSPS) is 35.5. The molecule has 1 saturated heterocycles. The molecule has 0 aromatic rings. The summed E-state index contributed by atoms with van der Waals surface area (Å²) in [5.41, 5.74) is 6.04. The van der Waals surface area contributed by atoms with Crippen LogP contribution in [0.3, 0.4) is 0 Å². The second kappa shape index (κ2) is 4.87. The summed E-state index contributed by atoms with van der Waals surface area (Å²) in [5, 5.41) is 0. The van der Waals surface area contributed by atoms with Crippen LogP contribution in [0.4, 0.5) is 0 Å². The Morgan fingerprint density at radius 2 is 1.94 bits per heavy atom. The van der Waals surface area contributed by atoms with Gasteiger partial charge in [-0.05, 0) is 51.4 Å². The largest absolute Gasteiger partial charge is 0.374 e. The van der Waals surface area contributed by atoms with Gasteiger partial charge in [0, 0.05) is 25.2 Å². The fraction of sp³-hybridized carbons (Fsp3) is 1.00. The molecule has 3 aliphatic rings. The van der Waals surface area contributed by atoms with E-state index in [-0.39, 0.29) is 0 Å². The number of ether oxygens (including phenoxy) is 1. The molecule has 98 valence electrons. The zero-order chi connectivity index (χ0) is 11.8. The Kier molecular flexibility index (Phi) is 3.42. The van der Waals surface area contributed by atoms with E-state index in [0.29, 0.717) is 18.2 Å². The van der Waals surface area contributed by atoms with Crippen molar-refractivity contribution in [1.29, 1.82) is 0 Å². The summed E-state index contributed by atoms with van der Waals surface area (Å²) in [7, 11) is 0. The SMILES string of the molecule is CC1CCC(C(CN)N(CC2CC2)C2CC2)O1. The van der Waals surface area contributed by atoms with E-state index in [9.17, 15) is 0 Å². The van der Waals surface area contributed by atoms with E-state index in [0.717, 1.165) is 18.5 Å². The first kappa shape index (κ1) is 11.9. The van der Waals surface area contributed by atoms with Gasteiger partial charge in [0.25, 0.3) is 0 Å². The van der Waals surface area contributed by atoms with Gasteiger partial charge in [-0.25, -0.2) is 0 Å². The van der Waals surface area contributed by atoms with Crippen LogP contribution in [0.15, 0.2) is 0 Å². The lowest BCUT2D eigenvalue weighted by Crippen LogP contribution is -2.50. The molecule has 2 aliphatic carbocycles. The molecule has 0 bridgehead atoms. The summed E-state index contributed by atoms with van der Waals surface area (Å²) in [6.45, 7) is 4.23. The average molecular weight is 238 g/mol. The highest BCUT2D eigenvalue weighted by atomic mass is 16.5. The third-order valence-corrected chi connectivity index (χ3v) is 4.54. The minimum absolute atomic E-state index is 0.398. The average Bonchev–Trinajstić information content (AvgIpc) is 3.20. The lowest BCUT2D eigenvalue weighted by Gasteiger charge is -2.35. The van der Waals surface area contributed by atoms with Crippen LogP contribution in [0, 0.1) is 5.92 Å². The van der Waals surface area contributed by atoms with E-state index < -0.39 is 0 Å². The summed E-state index contributed by atoms with van der Waals surface area (Å²) >= 11 is 0. The Morgan fingerprint density at radius 1 is 1.18 bits per heavy atom. The molecule has 0 spiro atoms. The topological polar surface area (TPSA) is 38.5 Å². The molecule has 3 heteroatoms. The molecule has 2 N–H and O–H groups in total. The van der Waals surface area contributed by atoms with Crippen molar-refractivity contribution in [3.63, 3.8) is 0 Å². The van der Waals surface area contributed by atoms with Gasteiger partial charge in [-0.3, -0.25) is 4.90 Å². The van der Waals surface area contributed by atoms with Crippen LogP contribution < -0.4 is 5.73 Å². The molecule has 3 nitrogen and oxygen atoms in total. The van der Waals surface area contributed by atoms with Crippen LogP contribution in [-0.2, 0) is 4.74 Å². The second-order valence-electron chi connectivity index (χ2n) is 6.24. The molecular weight excluding hydrogens is 212 g/mol. The first-order chi connectivity index (χ1) is 8.28. The van der Waals surface area contributed by atoms with Crippen molar-refractivity contribution < 1.29 is 4.74 Å². The maximum absolute atomic E-state index is 6.05. The molecule has 3 unspecified atom stereocenters. The van der Waals surface area contributed by atoms with Gasteiger partial charge in [-0.2, -0.15) is 0 Å². The van der Waals surface area contributed by atoms with Gasteiger partial charge < -0.3 is 10.5 Å². The van der Waals surface area contributed by atoms with Gasteiger partial charge in [0.2, 0.25) is 0 Å². The number of nitrogens with two attached hydrogens (primary N) is 1. The van der Waals surface area contributed by atoms with E-state index in [1.165, 1.54) is 45.1 Å². The van der Waals surface area contributed by atoms with Crippen molar-refractivity contribution in [2.45, 2.75) is 69.7 Å². The van der Waals surface area contributed by atoms with E-state index in [1.807, 2.05) is 0 Å². The van der Waals surface area contributed by atoms with Crippen LogP contribution in [0.5, 0.6) is 0 Å². The zero-order valence-corrected chi connectivity index (χ0v) is 11.0. The van der Waals surface area contributed by atoms with Crippen molar-refractivity contribution in [3.05, 3.63) is 0 Å². The highest BCUT2D eigenvalue weighted by Crippen LogP contribution is 2.38. The van der Waals surface area contributed by atoms with Crippen molar-refractivity contribution in [3.8, 4) is 0 Å². The molecule has 1 heterocycles. The van der Waals surface area contributed by atoms with Crippen molar-refractivity contribution in [1.82, 2.24) is 4.90 Å². The third kappa shape index (κ3) is 2.83. The summed E-state index contributed by atoms with van der Waals surface area (Å²) in [5.74, 6) is 0.962. The molecule has 3 atom stereocenters. The summed E-state index contributed by atoms with van der Waals surface area (Å²) < 4.78 is 6.05. The highest BCUT2D eigenvalue weighted by molar-refractivity contribution is 4.96. The Bertz CT molecular complexity index is 263. The molecular formula is C14H26N2O. The minimum Gasteiger partial charge on any atom is -0.374 e. The van der Waals surface area contributed by atoms with E-state index in [4.69, 9.17) is 10.5 Å². The Hall–Kier alpha value is -0.120. The molecule has 3 rings (SSSR count). The molecule has 3 fully saturated rings. The van der Waals surface area contributed by atoms with Crippen LogP contribution in [-0.4, -0.2) is 42.3 Å². The molecule has 0 aromatic carbocycles. The number of nitrogens with zero attached hydrogens (tertiary/aromatic N) is 1. The van der Waals surface area contributed by atoms with Crippen LogP contribution in [0.1, 0.15) is 45.4 Å². The fourth-order valence-corrected chi connectivity index (χ4v) is 3.18. The number of rotatable bonds is 6. The smallest absolute Gasteiger partial charge is 0.0747 e. The fourth-order valence-electron chi connectivity index (χ4n) is 3.18. The van der Waals surface area contributed by atoms with Crippen molar-refractivity contribution in [2.75, 3.05) is 13.1 Å². The minimum atomic E-state index is 0.398. The summed E-state index contributed by atoms with van der Waals surface area (Å²) in [4.78, 5) is 2.69. The molecule has 17 heavy (non-hydrogen) atoms. The predicted molar refractivity (Wildman–Crippen MR) is 68.9 cm³/mol. The van der Waals surface area contributed by atoms with Gasteiger partial charge in [-0.15, -0.1) is 0 Å².